The Kier molecular flexibility index (Phi) is 5.13. The first kappa shape index (κ1) is 18.7. The molecule has 148 valence electrons. The fraction of sp³-hybridized carbons (Fsp3) is 0.632. The van der Waals surface area contributed by atoms with E-state index in [1.54, 1.807) is 19.2 Å². The Hall–Kier alpha value is -1.64. The van der Waals surface area contributed by atoms with Crippen LogP contribution in [0.3, 0.4) is 0 Å². The maximum atomic E-state index is 13.1. The summed E-state index contributed by atoms with van der Waals surface area (Å²) in [6.07, 6.45) is 4.71. The number of sulfonamides is 1. The van der Waals surface area contributed by atoms with E-state index < -0.39 is 10.0 Å². The van der Waals surface area contributed by atoms with E-state index in [-0.39, 0.29) is 16.8 Å². The van der Waals surface area contributed by atoms with Crippen LogP contribution in [0.2, 0.25) is 0 Å². The van der Waals surface area contributed by atoms with Gasteiger partial charge in [0.2, 0.25) is 10.0 Å². The molecule has 0 aromatic heterocycles. The summed E-state index contributed by atoms with van der Waals surface area (Å²) in [5.41, 5.74) is 0.890. The van der Waals surface area contributed by atoms with Gasteiger partial charge < -0.3 is 15.4 Å². The Labute approximate surface area is 160 Å². The van der Waals surface area contributed by atoms with Crippen molar-refractivity contribution in [2.24, 2.45) is 11.8 Å². The van der Waals surface area contributed by atoms with Gasteiger partial charge in [0.15, 0.2) is 0 Å². The van der Waals surface area contributed by atoms with Crippen LogP contribution in [0.15, 0.2) is 23.1 Å². The third kappa shape index (κ3) is 3.58. The molecule has 0 radical (unpaired) electrons. The second kappa shape index (κ2) is 7.41. The lowest BCUT2D eigenvalue weighted by Crippen LogP contribution is -2.41. The van der Waals surface area contributed by atoms with E-state index in [0.717, 1.165) is 12.3 Å². The first-order valence-corrected chi connectivity index (χ1v) is 11.1. The number of rotatable bonds is 5. The Morgan fingerprint density at radius 3 is 2.59 bits per heavy atom. The number of hydrogen-bond donors (Lipinski definition) is 2. The summed E-state index contributed by atoms with van der Waals surface area (Å²) in [6.45, 7) is 1.43. The van der Waals surface area contributed by atoms with Gasteiger partial charge >= 0.3 is 0 Å². The average molecular weight is 394 g/mol. The van der Waals surface area contributed by atoms with Crippen molar-refractivity contribution in [2.75, 3.05) is 38.7 Å². The maximum absolute atomic E-state index is 13.1. The van der Waals surface area contributed by atoms with Crippen molar-refractivity contribution in [1.82, 2.24) is 9.62 Å². The second-order valence-corrected chi connectivity index (χ2v) is 9.64. The topological polar surface area (TPSA) is 87.7 Å². The normalized spacial score (nSPS) is 28.3. The fourth-order valence-electron chi connectivity index (χ4n) is 4.68. The third-order valence-electron chi connectivity index (χ3n) is 6.16. The number of nitrogens with one attached hydrogen (secondary N) is 2. The molecule has 1 aromatic carbocycles. The highest BCUT2D eigenvalue weighted by Crippen LogP contribution is 2.44. The summed E-state index contributed by atoms with van der Waals surface area (Å²) in [5.74, 6) is 1.13. The molecule has 2 N–H and O–H groups in total. The molecule has 8 heteroatoms. The standard InChI is InChI=1S/C19H27N3O4S/c1-20-16-5-4-15(19(23)21-17-11-13-2-3-14(17)10-13)12-18(16)27(24,25)22-6-8-26-9-7-22/h4-5,12-14,17,20H,2-3,6-11H2,1H3,(H,21,23)/t13-,14-,17-/m1/s1. The smallest absolute Gasteiger partial charge is 0.251 e. The van der Waals surface area contributed by atoms with E-state index in [1.807, 2.05) is 0 Å². The van der Waals surface area contributed by atoms with Crippen molar-refractivity contribution in [1.29, 1.82) is 0 Å². The van der Waals surface area contributed by atoms with E-state index >= 15 is 0 Å². The number of nitrogens with zero attached hydrogens (tertiary/aromatic N) is 1. The summed E-state index contributed by atoms with van der Waals surface area (Å²) >= 11 is 0. The third-order valence-corrected chi connectivity index (χ3v) is 8.09. The van der Waals surface area contributed by atoms with E-state index in [4.69, 9.17) is 4.74 Å². The molecule has 3 fully saturated rings. The molecule has 2 saturated carbocycles. The Morgan fingerprint density at radius 2 is 1.96 bits per heavy atom. The molecule has 0 unspecified atom stereocenters. The Bertz CT molecular complexity index is 820. The van der Waals surface area contributed by atoms with E-state index in [2.05, 4.69) is 10.6 Å². The van der Waals surface area contributed by atoms with Gasteiger partial charge in [0, 0.05) is 31.7 Å². The van der Waals surface area contributed by atoms with Crippen LogP contribution in [-0.2, 0) is 14.8 Å². The monoisotopic (exact) mass is 393 g/mol. The number of carbonyl (C=O) groups excluding carboxylic acids is 1. The van der Waals surface area contributed by atoms with Crippen LogP contribution in [0.1, 0.15) is 36.0 Å². The summed E-state index contributed by atoms with van der Waals surface area (Å²) in [5, 5.41) is 6.07. The second-order valence-electron chi connectivity index (χ2n) is 7.73. The van der Waals surface area contributed by atoms with Crippen molar-refractivity contribution in [3.8, 4) is 0 Å². The number of anilines is 1. The SMILES string of the molecule is CNc1ccc(C(=O)N[C@@H]2C[C@@H]3CC[C@@H]2C3)cc1S(=O)(=O)N1CCOCC1. The minimum atomic E-state index is -3.69. The summed E-state index contributed by atoms with van der Waals surface area (Å²) < 4.78 is 32.9. The van der Waals surface area contributed by atoms with Gasteiger partial charge in [-0.15, -0.1) is 0 Å². The van der Waals surface area contributed by atoms with Crippen LogP contribution < -0.4 is 10.6 Å². The molecule has 27 heavy (non-hydrogen) atoms. The largest absolute Gasteiger partial charge is 0.387 e. The molecule has 0 spiro atoms. The number of carbonyl (C=O) groups is 1. The molecule has 1 aromatic rings. The molecule has 3 aliphatic rings. The molecule has 2 bridgehead atoms. The quantitative estimate of drug-likeness (QED) is 0.795. The lowest BCUT2D eigenvalue weighted by molar-refractivity contribution is 0.0730. The zero-order valence-corrected chi connectivity index (χ0v) is 16.4. The molecular weight excluding hydrogens is 366 g/mol. The van der Waals surface area contributed by atoms with Crippen molar-refractivity contribution in [2.45, 2.75) is 36.6 Å². The first-order chi connectivity index (χ1) is 13.0. The molecule has 2 aliphatic carbocycles. The number of ether oxygens (including phenoxy) is 1. The van der Waals surface area contributed by atoms with Gasteiger partial charge in [-0.05, 0) is 49.3 Å². The molecule has 3 atom stereocenters. The molecule has 4 rings (SSSR count). The van der Waals surface area contributed by atoms with Crippen LogP contribution in [0.5, 0.6) is 0 Å². The van der Waals surface area contributed by atoms with Gasteiger partial charge in [-0.1, -0.05) is 6.42 Å². The molecule has 7 nitrogen and oxygen atoms in total. The van der Waals surface area contributed by atoms with E-state index in [1.165, 1.54) is 29.6 Å². The Balaban J connectivity index is 1.57. The summed E-state index contributed by atoms with van der Waals surface area (Å²) in [4.78, 5) is 12.9. The van der Waals surface area contributed by atoms with E-state index in [9.17, 15) is 13.2 Å². The lowest BCUT2D eigenvalue weighted by atomic mass is 9.95. The molecule has 1 saturated heterocycles. The van der Waals surface area contributed by atoms with Crippen LogP contribution in [0.4, 0.5) is 5.69 Å². The highest BCUT2D eigenvalue weighted by Gasteiger charge is 2.40. The maximum Gasteiger partial charge on any atom is 0.251 e. The van der Waals surface area contributed by atoms with Crippen molar-refractivity contribution in [3.63, 3.8) is 0 Å². The number of hydrogen-bond acceptors (Lipinski definition) is 5. The van der Waals surface area contributed by atoms with Crippen LogP contribution in [0, 0.1) is 11.8 Å². The highest BCUT2D eigenvalue weighted by molar-refractivity contribution is 7.89. The molecule has 1 heterocycles. The lowest BCUT2D eigenvalue weighted by Gasteiger charge is -2.27. The van der Waals surface area contributed by atoms with Gasteiger partial charge in [-0.25, -0.2) is 8.42 Å². The van der Waals surface area contributed by atoms with Crippen LogP contribution in [-0.4, -0.2) is 58.0 Å². The summed E-state index contributed by atoms with van der Waals surface area (Å²) in [7, 11) is -2.00. The minimum absolute atomic E-state index is 0.146. The van der Waals surface area contributed by atoms with Gasteiger partial charge in [-0.3, -0.25) is 4.79 Å². The molecule has 1 aliphatic heterocycles. The zero-order chi connectivity index (χ0) is 19.0. The number of fused-ring (bicyclic) bond motifs is 2. The Morgan fingerprint density at radius 1 is 1.19 bits per heavy atom. The van der Waals surface area contributed by atoms with Gasteiger partial charge in [0.1, 0.15) is 4.90 Å². The van der Waals surface area contributed by atoms with Gasteiger partial charge in [0.05, 0.1) is 18.9 Å². The number of morpholine rings is 1. The molecular formula is C19H27N3O4S. The zero-order valence-electron chi connectivity index (χ0n) is 15.6. The van der Waals surface area contributed by atoms with Crippen molar-refractivity contribution >= 4 is 21.6 Å². The highest BCUT2D eigenvalue weighted by atomic mass is 32.2. The van der Waals surface area contributed by atoms with Crippen LogP contribution in [0.25, 0.3) is 0 Å². The molecule has 1 amide bonds. The van der Waals surface area contributed by atoms with Gasteiger partial charge in [0.25, 0.3) is 5.91 Å². The minimum Gasteiger partial charge on any atom is -0.387 e. The predicted molar refractivity (Wildman–Crippen MR) is 102 cm³/mol. The van der Waals surface area contributed by atoms with Crippen molar-refractivity contribution in [3.05, 3.63) is 23.8 Å². The predicted octanol–water partition coefficient (Wildman–Crippen LogP) is 1.67. The first-order valence-electron chi connectivity index (χ1n) is 9.69. The summed E-state index contributed by atoms with van der Waals surface area (Å²) in [6, 6.07) is 5.08. The van der Waals surface area contributed by atoms with Crippen LogP contribution >= 0.6 is 0 Å². The number of benzene rings is 1. The number of amides is 1. The van der Waals surface area contributed by atoms with Crippen molar-refractivity contribution < 1.29 is 17.9 Å². The fourth-order valence-corrected chi connectivity index (χ4v) is 6.31. The van der Waals surface area contributed by atoms with E-state index in [0.29, 0.717) is 43.5 Å². The average Bonchev–Trinajstić information content (AvgIpc) is 3.31. The van der Waals surface area contributed by atoms with Gasteiger partial charge in [-0.2, -0.15) is 4.31 Å².